The molecular formula is C9H8BrNO4. The number of carbonyl (C=O) groups excluding carboxylic acids is 1. The molecule has 0 aliphatic carbocycles. The fourth-order valence-electron chi connectivity index (χ4n) is 1.14. The molecule has 0 radical (unpaired) electrons. The highest BCUT2D eigenvalue weighted by Crippen LogP contribution is 2.31. The smallest absolute Gasteiger partial charge is 0.322 e. The van der Waals surface area contributed by atoms with Crippen LogP contribution in [0.5, 0.6) is 5.75 Å². The number of nitrogens with zero attached hydrogens (tertiary/aromatic N) is 1. The second-order valence-electron chi connectivity index (χ2n) is 2.62. The van der Waals surface area contributed by atoms with Crippen molar-refractivity contribution in [2.75, 3.05) is 6.61 Å². The third kappa shape index (κ3) is 2.53. The average Bonchev–Trinajstić information content (AvgIpc) is 2.17. The molecule has 5 nitrogen and oxygen atoms in total. The molecule has 0 saturated carbocycles. The summed E-state index contributed by atoms with van der Waals surface area (Å²) in [5.74, 6) is 0.104. The number of nitro groups is 1. The number of hydrogen-bond donors (Lipinski definition) is 0. The topological polar surface area (TPSA) is 69.4 Å². The van der Waals surface area contributed by atoms with Crippen LogP contribution in [0.15, 0.2) is 18.2 Å². The second kappa shape index (κ2) is 4.88. The van der Waals surface area contributed by atoms with Gasteiger partial charge < -0.3 is 4.74 Å². The normalized spacial score (nSPS) is 9.73. The molecule has 1 aromatic rings. The first-order valence-electron chi connectivity index (χ1n) is 4.18. The molecule has 0 spiro atoms. The van der Waals surface area contributed by atoms with Crippen LogP contribution in [0.4, 0.5) is 5.69 Å². The van der Waals surface area contributed by atoms with Crippen LogP contribution in [0.25, 0.3) is 0 Å². The molecule has 0 bridgehead atoms. The van der Waals surface area contributed by atoms with E-state index >= 15 is 0 Å². The van der Waals surface area contributed by atoms with E-state index in [9.17, 15) is 14.9 Å². The molecule has 1 aromatic carbocycles. The molecule has 0 atom stereocenters. The first-order valence-corrected chi connectivity index (χ1v) is 4.97. The van der Waals surface area contributed by atoms with Crippen LogP contribution >= 0.6 is 15.9 Å². The first-order chi connectivity index (χ1) is 7.07. The Labute approximate surface area is 94.3 Å². The van der Waals surface area contributed by atoms with Crippen LogP contribution in [0.3, 0.4) is 0 Å². The maximum absolute atomic E-state index is 11.1. The summed E-state index contributed by atoms with van der Waals surface area (Å²) in [6.07, 6.45) is 0. The summed E-state index contributed by atoms with van der Waals surface area (Å²) in [7, 11) is 0. The minimum atomic E-state index is -0.626. The summed E-state index contributed by atoms with van der Waals surface area (Å²) in [6, 6.07) is 4.37. The van der Waals surface area contributed by atoms with Gasteiger partial charge in [-0.05, 0) is 35.0 Å². The van der Waals surface area contributed by atoms with E-state index in [4.69, 9.17) is 4.74 Å². The highest BCUT2D eigenvalue weighted by molar-refractivity contribution is 9.18. The molecule has 0 aliphatic rings. The van der Waals surface area contributed by atoms with Gasteiger partial charge in [-0.15, -0.1) is 0 Å². The Bertz CT molecular complexity index is 405. The lowest BCUT2D eigenvalue weighted by Crippen LogP contribution is -2.02. The van der Waals surface area contributed by atoms with Gasteiger partial charge in [0.25, 0.3) is 0 Å². The number of ether oxygens (including phenoxy) is 1. The molecule has 0 heterocycles. The highest BCUT2D eigenvalue weighted by Gasteiger charge is 2.23. The van der Waals surface area contributed by atoms with Gasteiger partial charge in [-0.3, -0.25) is 14.9 Å². The van der Waals surface area contributed by atoms with E-state index in [2.05, 4.69) is 15.9 Å². The van der Waals surface area contributed by atoms with Crippen LogP contribution in [-0.4, -0.2) is 16.2 Å². The monoisotopic (exact) mass is 273 g/mol. The van der Waals surface area contributed by atoms with Crippen molar-refractivity contribution < 1.29 is 14.5 Å². The van der Waals surface area contributed by atoms with Gasteiger partial charge in [0.05, 0.1) is 11.5 Å². The van der Waals surface area contributed by atoms with Crippen molar-refractivity contribution in [2.24, 2.45) is 0 Å². The fourth-order valence-corrected chi connectivity index (χ4v) is 1.46. The van der Waals surface area contributed by atoms with Gasteiger partial charge in [-0.2, -0.15) is 0 Å². The van der Waals surface area contributed by atoms with Crippen LogP contribution in [0, 0.1) is 10.1 Å². The van der Waals surface area contributed by atoms with Gasteiger partial charge in [0, 0.05) is 0 Å². The highest BCUT2D eigenvalue weighted by atomic mass is 79.9. The molecule has 0 aromatic heterocycles. The van der Waals surface area contributed by atoms with E-state index in [1.807, 2.05) is 0 Å². The minimum absolute atomic E-state index is 0.00838. The van der Waals surface area contributed by atoms with Crippen molar-refractivity contribution in [3.05, 3.63) is 33.9 Å². The largest absolute Gasteiger partial charge is 0.487 e. The maximum atomic E-state index is 11.1. The molecule has 0 unspecified atom stereocenters. The summed E-state index contributed by atoms with van der Waals surface area (Å²) < 4.78 is 4.54. The minimum Gasteiger partial charge on any atom is -0.487 e. The predicted molar refractivity (Wildman–Crippen MR) is 57.5 cm³/mol. The number of nitro benzene ring substituents is 1. The van der Waals surface area contributed by atoms with Gasteiger partial charge >= 0.3 is 5.69 Å². The van der Waals surface area contributed by atoms with Gasteiger partial charge in [0.1, 0.15) is 5.56 Å². The molecule has 1 rings (SSSR count). The molecule has 0 aliphatic heterocycles. The van der Waals surface area contributed by atoms with Crippen molar-refractivity contribution in [1.82, 2.24) is 0 Å². The van der Waals surface area contributed by atoms with E-state index < -0.39 is 9.62 Å². The van der Waals surface area contributed by atoms with Crippen LogP contribution in [0.1, 0.15) is 17.3 Å². The molecule has 15 heavy (non-hydrogen) atoms. The molecule has 0 saturated heterocycles. The van der Waals surface area contributed by atoms with Crippen LogP contribution < -0.4 is 4.74 Å². The zero-order valence-electron chi connectivity index (χ0n) is 7.90. The van der Waals surface area contributed by atoms with Gasteiger partial charge in [-0.1, -0.05) is 6.07 Å². The van der Waals surface area contributed by atoms with Crippen molar-refractivity contribution >= 4 is 26.3 Å². The number of benzene rings is 1. The Morgan fingerprint density at radius 1 is 1.60 bits per heavy atom. The fraction of sp³-hybridized carbons (Fsp3) is 0.222. The average molecular weight is 274 g/mol. The van der Waals surface area contributed by atoms with Crippen molar-refractivity contribution in [3.63, 3.8) is 0 Å². The lowest BCUT2D eigenvalue weighted by molar-refractivity contribution is -0.386. The van der Waals surface area contributed by atoms with Crippen molar-refractivity contribution in [2.45, 2.75) is 6.92 Å². The maximum Gasteiger partial charge on any atom is 0.322 e. The summed E-state index contributed by atoms with van der Waals surface area (Å²) in [5, 5.41) is 10.8. The zero-order valence-corrected chi connectivity index (χ0v) is 9.48. The molecule has 80 valence electrons. The first kappa shape index (κ1) is 11.6. The SMILES string of the molecule is CCOc1cccc(C(=O)Br)c1[N+](=O)[O-]. The quantitative estimate of drug-likeness (QED) is 0.480. The van der Waals surface area contributed by atoms with Gasteiger partial charge in [-0.25, -0.2) is 0 Å². The second-order valence-corrected chi connectivity index (χ2v) is 3.34. The Hall–Kier alpha value is -1.43. The lowest BCUT2D eigenvalue weighted by atomic mass is 10.2. The zero-order chi connectivity index (χ0) is 11.4. The third-order valence-corrected chi connectivity index (χ3v) is 2.12. The number of hydrogen-bond acceptors (Lipinski definition) is 4. The number of halogens is 1. The molecule has 0 fully saturated rings. The lowest BCUT2D eigenvalue weighted by Gasteiger charge is -2.05. The molecule has 0 N–H and O–H groups in total. The number of carbonyl (C=O) groups is 1. The van der Waals surface area contributed by atoms with E-state index in [0.717, 1.165) is 0 Å². The van der Waals surface area contributed by atoms with E-state index in [-0.39, 0.29) is 17.0 Å². The summed E-state index contributed by atoms with van der Waals surface area (Å²) >= 11 is 2.69. The van der Waals surface area contributed by atoms with E-state index in [1.165, 1.54) is 18.2 Å². The third-order valence-electron chi connectivity index (χ3n) is 1.69. The summed E-state index contributed by atoms with van der Waals surface area (Å²) in [5.41, 5.74) is -0.313. The summed E-state index contributed by atoms with van der Waals surface area (Å²) in [6.45, 7) is 2.02. The number of rotatable bonds is 4. The van der Waals surface area contributed by atoms with Gasteiger partial charge in [0.15, 0.2) is 5.75 Å². The molecule has 6 heteroatoms. The predicted octanol–water partition coefficient (Wildman–Crippen LogP) is 2.53. The molecular weight excluding hydrogens is 266 g/mol. The number of para-hydroxylation sites is 1. The Balaban J connectivity index is 3.34. The van der Waals surface area contributed by atoms with Gasteiger partial charge in [0.2, 0.25) is 4.69 Å². The van der Waals surface area contributed by atoms with Crippen molar-refractivity contribution in [3.8, 4) is 5.75 Å². The van der Waals surface area contributed by atoms with Crippen LogP contribution in [-0.2, 0) is 0 Å². The Kier molecular flexibility index (Phi) is 3.79. The van der Waals surface area contributed by atoms with Crippen LogP contribution in [0.2, 0.25) is 0 Å². The Morgan fingerprint density at radius 2 is 2.27 bits per heavy atom. The Morgan fingerprint density at radius 3 is 2.73 bits per heavy atom. The summed E-state index contributed by atoms with van der Waals surface area (Å²) in [4.78, 5) is 21.2. The van der Waals surface area contributed by atoms with E-state index in [0.29, 0.717) is 6.61 Å². The molecule has 0 amide bonds. The standard InChI is InChI=1S/C9H8BrNO4/c1-2-15-7-5-3-4-6(9(10)12)8(7)11(13)14/h3-5H,2H2,1H3. The van der Waals surface area contributed by atoms with Crippen molar-refractivity contribution in [1.29, 1.82) is 0 Å². The van der Waals surface area contributed by atoms with E-state index in [1.54, 1.807) is 6.92 Å².